The van der Waals surface area contributed by atoms with Gasteiger partial charge in [0.1, 0.15) is 17.5 Å². The molecule has 3 N–H and O–H groups in total. The summed E-state index contributed by atoms with van der Waals surface area (Å²) in [6.07, 6.45) is 1.02. The van der Waals surface area contributed by atoms with E-state index in [2.05, 4.69) is 32.8 Å². The summed E-state index contributed by atoms with van der Waals surface area (Å²) < 4.78 is 0. The van der Waals surface area contributed by atoms with Gasteiger partial charge in [0.25, 0.3) is 0 Å². The van der Waals surface area contributed by atoms with Crippen LogP contribution >= 0.6 is 11.6 Å². The molecule has 0 fully saturated rings. The number of aromatic nitrogens is 2. The second-order valence-corrected chi connectivity index (χ2v) is 8.49. The molecule has 1 heterocycles. The first-order valence-electron chi connectivity index (χ1n) is 11.0. The van der Waals surface area contributed by atoms with Crippen molar-refractivity contribution in [2.24, 2.45) is 0 Å². The van der Waals surface area contributed by atoms with E-state index in [1.165, 1.54) is 5.56 Å². The molecule has 3 aromatic carbocycles. The van der Waals surface area contributed by atoms with Crippen molar-refractivity contribution in [1.82, 2.24) is 9.97 Å². The Morgan fingerprint density at radius 2 is 1.38 bits per heavy atom. The molecule has 0 aliphatic carbocycles. The number of anilines is 5. The van der Waals surface area contributed by atoms with Gasteiger partial charge in [0.05, 0.1) is 0 Å². The van der Waals surface area contributed by atoms with Gasteiger partial charge in [0.2, 0.25) is 5.91 Å². The molecule has 1 aromatic heterocycles. The minimum Gasteiger partial charge on any atom is -0.340 e. The highest BCUT2D eigenvalue weighted by atomic mass is 35.5. The molecule has 4 aromatic rings. The minimum absolute atomic E-state index is 0.0427. The van der Waals surface area contributed by atoms with E-state index >= 15 is 0 Å². The average molecular weight is 472 g/mol. The maximum atomic E-state index is 12.3. The lowest BCUT2D eigenvalue weighted by Gasteiger charge is -2.11. The number of benzene rings is 3. The van der Waals surface area contributed by atoms with Crippen LogP contribution in [0.2, 0.25) is 5.02 Å². The van der Waals surface area contributed by atoms with Gasteiger partial charge in [-0.1, -0.05) is 41.4 Å². The van der Waals surface area contributed by atoms with Gasteiger partial charge in [-0.05, 0) is 74.4 Å². The van der Waals surface area contributed by atoms with Gasteiger partial charge in [-0.3, -0.25) is 4.79 Å². The number of halogens is 1. The summed E-state index contributed by atoms with van der Waals surface area (Å²) in [4.78, 5) is 21.2. The van der Waals surface area contributed by atoms with E-state index in [1.54, 1.807) is 0 Å². The van der Waals surface area contributed by atoms with Crippen LogP contribution in [0, 0.1) is 13.8 Å². The second kappa shape index (κ2) is 10.8. The number of rotatable bonds is 8. The van der Waals surface area contributed by atoms with E-state index in [0.717, 1.165) is 22.6 Å². The van der Waals surface area contributed by atoms with Crippen LogP contribution in [0.4, 0.5) is 28.7 Å². The summed E-state index contributed by atoms with van der Waals surface area (Å²) in [6, 6.07) is 25.1. The number of amides is 1. The molecule has 4 rings (SSSR count). The number of hydrogen-bond acceptors (Lipinski definition) is 5. The second-order valence-electron chi connectivity index (χ2n) is 8.06. The first kappa shape index (κ1) is 23.3. The Labute approximate surface area is 204 Å². The van der Waals surface area contributed by atoms with Crippen molar-refractivity contribution >= 4 is 46.2 Å². The molecule has 0 radical (unpaired) electrons. The van der Waals surface area contributed by atoms with E-state index < -0.39 is 0 Å². The number of nitrogens with zero attached hydrogens (tertiary/aromatic N) is 2. The molecule has 0 unspecified atom stereocenters. The molecule has 172 valence electrons. The lowest BCUT2D eigenvalue weighted by Crippen LogP contribution is -2.12. The fourth-order valence-electron chi connectivity index (χ4n) is 3.44. The zero-order valence-electron chi connectivity index (χ0n) is 19.1. The van der Waals surface area contributed by atoms with E-state index in [9.17, 15) is 4.79 Å². The van der Waals surface area contributed by atoms with Crippen molar-refractivity contribution in [2.45, 2.75) is 26.7 Å². The number of hydrogen-bond donors (Lipinski definition) is 3. The Hall–Kier alpha value is -3.90. The van der Waals surface area contributed by atoms with Crippen molar-refractivity contribution in [1.29, 1.82) is 0 Å². The number of aryl methyl sites for hydroxylation is 3. The smallest absolute Gasteiger partial charge is 0.224 e. The average Bonchev–Trinajstić information content (AvgIpc) is 2.80. The third-order valence-electron chi connectivity index (χ3n) is 5.13. The van der Waals surface area contributed by atoms with Crippen molar-refractivity contribution in [3.8, 4) is 0 Å². The van der Waals surface area contributed by atoms with Crippen molar-refractivity contribution in [3.63, 3.8) is 0 Å². The van der Waals surface area contributed by atoms with Gasteiger partial charge >= 0.3 is 0 Å². The number of carbonyl (C=O) groups excluding carboxylic acids is 1. The van der Waals surface area contributed by atoms with Crippen LogP contribution < -0.4 is 16.0 Å². The molecule has 0 saturated heterocycles. The predicted octanol–water partition coefficient (Wildman–Crippen LogP) is 6.81. The van der Waals surface area contributed by atoms with Crippen LogP contribution in [-0.2, 0) is 11.2 Å². The lowest BCUT2D eigenvalue weighted by molar-refractivity contribution is -0.116. The fourth-order valence-corrected chi connectivity index (χ4v) is 3.65. The highest BCUT2D eigenvalue weighted by molar-refractivity contribution is 6.30. The largest absolute Gasteiger partial charge is 0.340 e. The zero-order valence-corrected chi connectivity index (χ0v) is 19.9. The van der Waals surface area contributed by atoms with Gasteiger partial charge in [0, 0.05) is 34.6 Å². The Morgan fingerprint density at radius 3 is 2.00 bits per heavy atom. The summed E-state index contributed by atoms with van der Waals surface area (Å²) in [5.41, 5.74) is 4.80. The monoisotopic (exact) mass is 471 g/mol. The Kier molecular flexibility index (Phi) is 7.40. The van der Waals surface area contributed by atoms with Crippen LogP contribution in [0.3, 0.4) is 0 Å². The van der Waals surface area contributed by atoms with Crippen molar-refractivity contribution in [3.05, 3.63) is 101 Å². The molecule has 6 nitrogen and oxygen atoms in total. The Bertz CT molecular complexity index is 1270. The molecule has 0 aliphatic rings. The molecule has 0 atom stereocenters. The van der Waals surface area contributed by atoms with E-state index in [4.69, 9.17) is 11.6 Å². The van der Waals surface area contributed by atoms with Gasteiger partial charge in [-0.15, -0.1) is 0 Å². The van der Waals surface area contributed by atoms with Crippen LogP contribution in [0.1, 0.15) is 23.4 Å². The lowest BCUT2D eigenvalue weighted by atomic mass is 10.1. The van der Waals surface area contributed by atoms with E-state index in [-0.39, 0.29) is 5.91 Å². The molecule has 1 amide bonds. The van der Waals surface area contributed by atoms with Crippen molar-refractivity contribution in [2.75, 3.05) is 16.0 Å². The maximum absolute atomic E-state index is 12.3. The first-order valence-corrected chi connectivity index (χ1v) is 11.4. The van der Waals surface area contributed by atoms with Gasteiger partial charge in [0.15, 0.2) is 0 Å². The van der Waals surface area contributed by atoms with Crippen LogP contribution in [0.5, 0.6) is 0 Å². The quantitative estimate of drug-likeness (QED) is 0.263. The molecule has 0 bridgehead atoms. The minimum atomic E-state index is -0.0427. The first-order chi connectivity index (χ1) is 16.4. The summed E-state index contributed by atoms with van der Waals surface area (Å²) in [6.45, 7) is 3.91. The van der Waals surface area contributed by atoms with Gasteiger partial charge in [-0.2, -0.15) is 0 Å². The van der Waals surface area contributed by atoms with Gasteiger partial charge in [-0.25, -0.2) is 9.97 Å². The summed E-state index contributed by atoms with van der Waals surface area (Å²) in [7, 11) is 0. The predicted molar refractivity (Wildman–Crippen MR) is 139 cm³/mol. The standard InChI is InChI=1S/C27H26ClN5O/c1-18-6-9-22(10-7-18)31-25-17-26(30-19(2)29-25)32-23-11-13-24(14-12-23)33-27(34)15-8-20-4-3-5-21(28)16-20/h3-7,9-14,16-17H,8,15H2,1-2H3,(H,33,34)(H2,29,30,31,32). The number of carbonyl (C=O) groups is 1. The summed E-state index contributed by atoms with van der Waals surface area (Å²) in [5, 5.41) is 10.2. The molecule has 0 spiro atoms. The molecule has 34 heavy (non-hydrogen) atoms. The highest BCUT2D eigenvalue weighted by Gasteiger charge is 2.06. The normalized spacial score (nSPS) is 10.6. The Morgan fingerprint density at radius 1 is 0.794 bits per heavy atom. The van der Waals surface area contributed by atoms with Crippen LogP contribution in [0.15, 0.2) is 78.9 Å². The zero-order chi connectivity index (χ0) is 23.9. The number of nitrogens with one attached hydrogen (secondary N) is 3. The maximum Gasteiger partial charge on any atom is 0.224 e. The SMILES string of the molecule is Cc1ccc(Nc2cc(Nc3ccc(NC(=O)CCc4cccc(Cl)c4)cc3)nc(C)n2)cc1. The molecular formula is C27H26ClN5O. The van der Waals surface area contributed by atoms with Crippen molar-refractivity contribution < 1.29 is 4.79 Å². The van der Waals surface area contributed by atoms with Crippen LogP contribution in [0.25, 0.3) is 0 Å². The molecular weight excluding hydrogens is 446 g/mol. The summed E-state index contributed by atoms with van der Waals surface area (Å²) in [5.74, 6) is 2.00. The Balaban J connectivity index is 1.34. The van der Waals surface area contributed by atoms with Crippen LogP contribution in [-0.4, -0.2) is 15.9 Å². The molecule has 0 saturated carbocycles. The molecule has 7 heteroatoms. The topological polar surface area (TPSA) is 78.9 Å². The highest BCUT2D eigenvalue weighted by Crippen LogP contribution is 2.22. The fraction of sp³-hybridized carbons (Fsp3) is 0.148. The third-order valence-corrected chi connectivity index (χ3v) is 5.37. The summed E-state index contributed by atoms with van der Waals surface area (Å²) >= 11 is 6.00. The third kappa shape index (κ3) is 6.80. The van der Waals surface area contributed by atoms with Gasteiger partial charge < -0.3 is 16.0 Å². The van der Waals surface area contributed by atoms with E-state index in [1.807, 2.05) is 85.8 Å². The molecule has 0 aliphatic heterocycles. The van der Waals surface area contributed by atoms with E-state index in [0.29, 0.717) is 35.3 Å².